The first kappa shape index (κ1) is 15.7. The van der Waals surface area contributed by atoms with Crippen molar-refractivity contribution < 1.29 is 14.3 Å². The van der Waals surface area contributed by atoms with Gasteiger partial charge in [0.15, 0.2) is 0 Å². The zero-order valence-corrected chi connectivity index (χ0v) is 13.4. The Morgan fingerprint density at radius 2 is 1.91 bits per heavy atom. The largest absolute Gasteiger partial charge is 0.478 e. The van der Waals surface area contributed by atoms with Crippen LogP contribution in [0.2, 0.25) is 10.0 Å². The average Bonchev–Trinajstić information content (AvgIpc) is 2.49. The van der Waals surface area contributed by atoms with Gasteiger partial charge in [-0.25, -0.2) is 9.18 Å². The van der Waals surface area contributed by atoms with Gasteiger partial charge < -0.3 is 5.11 Å². The van der Waals surface area contributed by atoms with E-state index in [1.807, 2.05) is 0 Å². The summed E-state index contributed by atoms with van der Waals surface area (Å²) in [7, 11) is 0. The van der Waals surface area contributed by atoms with E-state index in [0.717, 1.165) is 0 Å². The van der Waals surface area contributed by atoms with Crippen molar-refractivity contribution in [3.05, 3.63) is 63.5 Å². The first-order chi connectivity index (χ1) is 10.9. The molecule has 1 N–H and O–H groups in total. The molecule has 3 aromatic rings. The molecule has 0 spiro atoms. The molecule has 0 atom stereocenters. The number of hydrogen-bond acceptors (Lipinski definition) is 2. The normalized spacial score (nSPS) is 11.0. The van der Waals surface area contributed by atoms with Crippen molar-refractivity contribution in [3.8, 4) is 11.1 Å². The number of aromatic carboxylic acids is 1. The van der Waals surface area contributed by atoms with Crippen LogP contribution in [0, 0.1) is 12.7 Å². The number of pyridine rings is 1. The smallest absolute Gasteiger partial charge is 0.335 e. The van der Waals surface area contributed by atoms with Gasteiger partial charge in [-0.15, -0.1) is 0 Å². The molecule has 0 radical (unpaired) electrons. The molecule has 0 saturated carbocycles. The summed E-state index contributed by atoms with van der Waals surface area (Å²) >= 11 is 12.5. The van der Waals surface area contributed by atoms with Gasteiger partial charge in [0, 0.05) is 16.5 Å². The Morgan fingerprint density at radius 1 is 1.17 bits per heavy atom. The van der Waals surface area contributed by atoms with E-state index in [2.05, 4.69) is 4.98 Å². The number of halogens is 3. The molecule has 1 heterocycles. The number of hydrogen-bond donors (Lipinski definition) is 1. The number of fused-ring (bicyclic) bond motifs is 1. The van der Waals surface area contributed by atoms with Crippen LogP contribution in [0.1, 0.15) is 16.1 Å². The van der Waals surface area contributed by atoms with Gasteiger partial charge in [0.1, 0.15) is 5.82 Å². The number of aromatic nitrogens is 1. The molecule has 0 saturated heterocycles. The molecule has 0 aliphatic carbocycles. The Morgan fingerprint density at radius 3 is 2.57 bits per heavy atom. The van der Waals surface area contributed by atoms with E-state index in [0.29, 0.717) is 32.7 Å². The summed E-state index contributed by atoms with van der Waals surface area (Å²) in [6.45, 7) is 1.74. The molecule has 0 bridgehead atoms. The van der Waals surface area contributed by atoms with Gasteiger partial charge in [-0.05, 0) is 43.3 Å². The Bertz CT molecular complexity index is 957. The highest BCUT2D eigenvalue weighted by Crippen LogP contribution is 2.40. The highest BCUT2D eigenvalue weighted by molar-refractivity contribution is 6.38. The fourth-order valence-corrected chi connectivity index (χ4v) is 2.96. The summed E-state index contributed by atoms with van der Waals surface area (Å²) in [6, 6.07) is 8.57. The van der Waals surface area contributed by atoms with E-state index < -0.39 is 11.8 Å². The zero-order chi connectivity index (χ0) is 16.7. The first-order valence-electron chi connectivity index (χ1n) is 6.67. The van der Waals surface area contributed by atoms with Crippen LogP contribution in [-0.2, 0) is 0 Å². The number of carbonyl (C=O) groups is 1. The van der Waals surface area contributed by atoms with Crippen molar-refractivity contribution in [2.45, 2.75) is 6.92 Å². The number of carboxylic acids is 1. The third-order valence-electron chi connectivity index (χ3n) is 3.54. The molecule has 2 aromatic carbocycles. The molecular formula is C17H10Cl2FNO2. The highest BCUT2D eigenvalue weighted by atomic mass is 35.5. The number of aryl methyl sites for hydroxylation is 1. The van der Waals surface area contributed by atoms with E-state index in [9.17, 15) is 14.3 Å². The van der Waals surface area contributed by atoms with Crippen molar-refractivity contribution in [1.82, 2.24) is 4.98 Å². The third kappa shape index (κ3) is 2.76. The van der Waals surface area contributed by atoms with Gasteiger partial charge in [0.05, 0.1) is 26.8 Å². The van der Waals surface area contributed by atoms with Gasteiger partial charge in [-0.2, -0.15) is 0 Å². The Labute approximate surface area is 141 Å². The van der Waals surface area contributed by atoms with Crippen LogP contribution in [0.25, 0.3) is 22.0 Å². The van der Waals surface area contributed by atoms with Crippen LogP contribution in [0.5, 0.6) is 0 Å². The minimum Gasteiger partial charge on any atom is -0.478 e. The van der Waals surface area contributed by atoms with Gasteiger partial charge in [0.2, 0.25) is 0 Å². The van der Waals surface area contributed by atoms with E-state index in [1.54, 1.807) is 13.0 Å². The molecule has 0 unspecified atom stereocenters. The molecular weight excluding hydrogens is 340 g/mol. The molecule has 0 aliphatic rings. The summed E-state index contributed by atoms with van der Waals surface area (Å²) < 4.78 is 13.3. The Kier molecular flexibility index (Phi) is 3.96. The van der Waals surface area contributed by atoms with Crippen LogP contribution < -0.4 is 0 Å². The lowest BCUT2D eigenvalue weighted by atomic mass is 9.98. The van der Waals surface area contributed by atoms with Crippen LogP contribution in [0.15, 0.2) is 36.4 Å². The summed E-state index contributed by atoms with van der Waals surface area (Å²) in [4.78, 5) is 15.6. The van der Waals surface area contributed by atoms with Gasteiger partial charge >= 0.3 is 5.97 Å². The molecule has 6 heteroatoms. The summed E-state index contributed by atoms with van der Waals surface area (Å²) in [5, 5.41) is 10.3. The van der Waals surface area contributed by atoms with Crippen molar-refractivity contribution in [3.63, 3.8) is 0 Å². The summed E-state index contributed by atoms with van der Waals surface area (Å²) in [6.07, 6.45) is 0. The lowest BCUT2D eigenvalue weighted by Crippen LogP contribution is -1.98. The maximum atomic E-state index is 13.3. The van der Waals surface area contributed by atoms with Crippen molar-refractivity contribution in [2.75, 3.05) is 0 Å². The van der Waals surface area contributed by atoms with E-state index in [1.165, 1.54) is 30.3 Å². The van der Waals surface area contributed by atoms with Crippen molar-refractivity contribution in [1.29, 1.82) is 0 Å². The first-order valence-corrected chi connectivity index (χ1v) is 7.42. The van der Waals surface area contributed by atoms with Crippen LogP contribution >= 0.6 is 23.2 Å². The van der Waals surface area contributed by atoms with E-state index >= 15 is 0 Å². The predicted octanol–water partition coefficient (Wildman–Crippen LogP) is 5.35. The molecule has 116 valence electrons. The molecule has 0 aliphatic heterocycles. The molecule has 23 heavy (non-hydrogen) atoms. The lowest BCUT2D eigenvalue weighted by Gasteiger charge is -2.13. The number of nitrogens with zero attached hydrogens (tertiary/aromatic N) is 1. The van der Waals surface area contributed by atoms with Gasteiger partial charge in [-0.1, -0.05) is 23.2 Å². The SMILES string of the molecule is Cc1nc2ccc(C(=O)O)cc2c(-c2ccc(F)cc2Cl)c1Cl. The quantitative estimate of drug-likeness (QED) is 0.677. The molecule has 0 amide bonds. The Balaban J connectivity index is 2.43. The molecule has 3 rings (SSSR count). The van der Waals surface area contributed by atoms with Gasteiger partial charge in [-0.3, -0.25) is 4.98 Å². The monoisotopic (exact) mass is 349 g/mol. The molecule has 1 aromatic heterocycles. The fraction of sp³-hybridized carbons (Fsp3) is 0.0588. The maximum absolute atomic E-state index is 13.3. The Hall–Kier alpha value is -2.17. The third-order valence-corrected chi connectivity index (χ3v) is 4.31. The predicted molar refractivity (Wildman–Crippen MR) is 88.9 cm³/mol. The minimum atomic E-state index is -1.06. The number of carboxylic acid groups (broad SMARTS) is 1. The molecule has 0 fully saturated rings. The number of benzene rings is 2. The topological polar surface area (TPSA) is 50.2 Å². The summed E-state index contributed by atoms with van der Waals surface area (Å²) in [5.41, 5.74) is 2.35. The lowest BCUT2D eigenvalue weighted by molar-refractivity contribution is 0.0697. The van der Waals surface area contributed by atoms with Crippen LogP contribution in [-0.4, -0.2) is 16.1 Å². The summed E-state index contributed by atoms with van der Waals surface area (Å²) in [5.74, 6) is -1.52. The van der Waals surface area contributed by atoms with Crippen molar-refractivity contribution >= 4 is 40.1 Å². The van der Waals surface area contributed by atoms with E-state index in [4.69, 9.17) is 23.2 Å². The van der Waals surface area contributed by atoms with Gasteiger partial charge in [0.25, 0.3) is 0 Å². The second kappa shape index (κ2) is 5.80. The fourth-order valence-electron chi connectivity index (χ4n) is 2.45. The van der Waals surface area contributed by atoms with Crippen LogP contribution in [0.4, 0.5) is 4.39 Å². The standard InChI is InChI=1S/C17H10Cl2FNO2/c1-8-16(19)15(11-4-3-10(20)7-13(11)18)12-6-9(17(22)23)2-5-14(12)21-8/h2-7H,1H3,(H,22,23). The van der Waals surface area contributed by atoms with Crippen molar-refractivity contribution in [2.24, 2.45) is 0 Å². The number of rotatable bonds is 2. The molecule has 3 nitrogen and oxygen atoms in total. The van der Waals surface area contributed by atoms with Crippen LogP contribution in [0.3, 0.4) is 0 Å². The average molecular weight is 350 g/mol. The van der Waals surface area contributed by atoms with E-state index in [-0.39, 0.29) is 10.6 Å². The highest BCUT2D eigenvalue weighted by Gasteiger charge is 2.17. The minimum absolute atomic E-state index is 0.110. The second-order valence-electron chi connectivity index (χ2n) is 5.05. The maximum Gasteiger partial charge on any atom is 0.335 e. The second-order valence-corrected chi connectivity index (χ2v) is 5.83. The zero-order valence-electron chi connectivity index (χ0n) is 11.9.